The molecule has 0 heterocycles. The van der Waals surface area contributed by atoms with Gasteiger partial charge < -0.3 is 5.73 Å². The lowest BCUT2D eigenvalue weighted by Gasteiger charge is -2.27. The van der Waals surface area contributed by atoms with Gasteiger partial charge in [0.1, 0.15) is 10.7 Å². The highest BCUT2D eigenvalue weighted by atomic mass is 32.2. The van der Waals surface area contributed by atoms with Crippen molar-refractivity contribution < 1.29 is 17.6 Å². The first-order valence-electron chi connectivity index (χ1n) is 6.88. The van der Waals surface area contributed by atoms with Crippen LogP contribution < -0.4 is 5.73 Å². The second kappa shape index (κ2) is 6.11. The molecule has 0 spiro atoms. The molecule has 0 radical (unpaired) electrons. The number of carbonyl (C=O) groups is 1. The van der Waals surface area contributed by atoms with Gasteiger partial charge in [-0.1, -0.05) is 18.9 Å². The topological polar surface area (TPSA) is 80.5 Å². The van der Waals surface area contributed by atoms with E-state index in [9.17, 15) is 17.6 Å². The maximum absolute atomic E-state index is 13.9. The molecule has 1 aliphatic rings. The van der Waals surface area contributed by atoms with E-state index in [0.717, 1.165) is 23.2 Å². The van der Waals surface area contributed by atoms with Gasteiger partial charge in [0.25, 0.3) is 0 Å². The number of hydrogen-bond donors (Lipinski definition) is 1. The molecule has 7 heteroatoms. The van der Waals surface area contributed by atoms with Crippen LogP contribution in [0, 0.1) is 12.7 Å². The highest BCUT2D eigenvalue weighted by Gasteiger charge is 2.35. The van der Waals surface area contributed by atoms with Crippen molar-refractivity contribution in [2.45, 2.75) is 43.5 Å². The summed E-state index contributed by atoms with van der Waals surface area (Å²) >= 11 is 0. The maximum atomic E-state index is 13.9. The molecule has 1 amide bonds. The minimum Gasteiger partial charge on any atom is -0.369 e. The Hall–Kier alpha value is -1.47. The summed E-state index contributed by atoms with van der Waals surface area (Å²) in [4.78, 5) is 10.8. The van der Waals surface area contributed by atoms with Crippen molar-refractivity contribution >= 4 is 15.9 Å². The molecular formula is C14H19FN2O3S. The van der Waals surface area contributed by atoms with Crippen molar-refractivity contribution in [2.24, 2.45) is 5.73 Å². The first-order valence-corrected chi connectivity index (χ1v) is 8.32. The number of primary amides is 1. The maximum Gasteiger partial charge on any atom is 0.246 e. The Morgan fingerprint density at radius 2 is 2.00 bits per heavy atom. The monoisotopic (exact) mass is 314 g/mol. The largest absolute Gasteiger partial charge is 0.369 e. The van der Waals surface area contributed by atoms with Crippen LogP contribution >= 0.6 is 0 Å². The van der Waals surface area contributed by atoms with E-state index < -0.39 is 33.2 Å². The number of benzene rings is 1. The molecule has 2 N–H and O–H groups in total. The van der Waals surface area contributed by atoms with Crippen LogP contribution in [0.5, 0.6) is 0 Å². The quantitative estimate of drug-likeness (QED) is 0.895. The molecule has 5 nitrogen and oxygen atoms in total. The summed E-state index contributed by atoms with van der Waals surface area (Å²) in [5, 5.41) is 0. The summed E-state index contributed by atoms with van der Waals surface area (Å²) in [5.41, 5.74) is 5.80. The summed E-state index contributed by atoms with van der Waals surface area (Å²) in [6, 6.07) is 3.62. The molecule has 1 aliphatic carbocycles. The molecular weight excluding hydrogens is 295 g/mol. The van der Waals surface area contributed by atoms with E-state index in [4.69, 9.17) is 5.73 Å². The van der Waals surface area contributed by atoms with Crippen molar-refractivity contribution in [2.75, 3.05) is 6.54 Å². The zero-order chi connectivity index (χ0) is 15.6. The fourth-order valence-corrected chi connectivity index (χ4v) is 4.49. The van der Waals surface area contributed by atoms with Crippen LogP contribution in [0.1, 0.15) is 31.2 Å². The van der Waals surface area contributed by atoms with E-state index in [-0.39, 0.29) is 6.04 Å². The number of aryl methyl sites for hydroxylation is 1. The van der Waals surface area contributed by atoms with Crippen molar-refractivity contribution in [1.82, 2.24) is 4.31 Å². The van der Waals surface area contributed by atoms with Crippen LogP contribution in [0.3, 0.4) is 0 Å². The Kier molecular flexibility index (Phi) is 4.63. The average molecular weight is 314 g/mol. The van der Waals surface area contributed by atoms with Gasteiger partial charge in [-0.25, -0.2) is 12.8 Å². The molecule has 1 fully saturated rings. The lowest BCUT2D eigenvalue weighted by Crippen LogP contribution is -2.44. The third kappa shape index (κ3) is 3.41. The van der Waals surface area contributed by atoms with Gasteiger partial charge >= 0.3 is 0 Å². The normalized spacial score (nSPS) is 16.5. The van der Waals surface area contributed by atoms with Crippen LogP contribution in [0.25, 0.3) is 0 Å². The number of halogens is 1. The first kappa shape index (κ1) is 15.9. The van der Waals surface area contributed by atoms with Crippen LogP contribution in [-0.4, -0.2) is 31.2 Å². The summed E-state index contributed by atoms with van der Waals surface area (Å²) in [7, 11) is -4.08. The Bertz CT molecular complexity index is 640. The molecule has 0 aromatic heterocycles. The summed E-state index contributed by atoms with van der Waals surface area (Å²) < 4.78 is 40.4. The van der Waals surface area contributed by atoms with Crippen LogP contribution in [0.2, 0.25) is 0 Å². The van der Waals surface area contributed by atoms with Gasteiger partial charge in [0.2, 0.25) is 15.9 Å². The SMILES string of the molecule is Cc1ccc(F)c(S(=O)(=O)N(CC(N)=O)C2CCCC2)c1. The van der Waals surface area contributed by atoms with Crippen molar-refractivity contribution in [1.29, 1.82) is 0 Å². The van der Waals surface area contributed by atoms with Gasteiger partial charge in [-0.15, -0.1) is 0 Å². The Balaban J connectivity index is 2.45. The Morgan fingerprint density at radius 3 is 2.57 bits per heavy atom. The third-order valence-electron chi connectivity index (χ3n) is 3.72. The van der Waals surface area contributed by atoms with Crippen molar-refractivity contribution in [3.63, 3.8) is 0 Å². The van der Waals surface area contributed by atoms with Gasteiger partial charge in [0, 0.05) is 6.04 Å². The fraction of sp³-hybridized carbons (Fsp3) is 0.500. The second-order valence-corrected chi connectivity index (χ2v) is 7.25. The van der Waals surface area contributed by atoms with Crippen LogP contribution in [0.15, 0.2) is 23.1 Å². The van der Waals surface area contributed by atoms with Gasteiger partial charge in [0.05, 0.1) is 6.54 Å². The molecule has 0 bridgehead atoms. The third-order valence-corrected chi connectivity index (χ3v) is 5.63. The molecule has 0 atom stereocenters. The molecule has 0 unspecified atom stereocenters. The highest BCUT2D eigenvalue weighted by Crippen LogP contribution is 2.29. The predicted octanol–water partition coefficient (Wildman–Crippen LogP) is 1.55. The number of sulfonamides is 1. The number of hydrogen-bond acceptors (Lipinski definition) is 3. The lowest BCUT2D eigenvalue weighted by molar-refractivity contribution is -0.118. The minimum atomic E-state index is -4.08. The van der Waals surface area contributed by atoms with Crippen molar-refractivity contribution in [3.05, 3.63) is 29.6 Å². The number of nitrogens with zero attached hydrogens (tertiary/aromatic N) is 1. The molecule has 2 rings (SSSR count). The zero-order valence-electron chi connectivity index (χ0n) is 11.9. The van der Waals surface area contributed by atoms with E-state index in [1.165, 1.54) is 12.1 Å². The van der Waals surface area contributed by atoms with Gasteiger partial charge in [-0.05, 0) is 37.5 Å². The van der Waals surface area contributed by atoms with E-state index in [0.29, 0.717) is 18.4 Å². The van der Waals surface area contributed by atoms with E-state index >= 15 is 0 Å². The second-order valence-electron chi connectivity index (χ2n) is 5.39. The van der Waals surface area contributed by atoms with Crippen LogP contribution in [-0.2, 0) is 14.8 Å². The molecule has 0 saturated heterocycles. The molecule has 21 heavy (non-hydrogen) atoms. The average Bonchev–Trinajstić information content (AvgIpc) is 2.92. The van der Waals surface area contributed by atoms with Gasteiger partial charge in [-0.2, -0.15) is 4.31 Å². The van der Waals surface area contributed by atoms with Crippen LogP contribution in [0.4, 0.5) is 4.39 Å². The molecule has 1 aromatic carbocycles. The Morgan fingerprint density at radius 1 is 1.38 bits per heavy atom. The standard InChI is InChI=1S/C14H19FN2O3S/c1-10-6-7-12(15)13(8-10)21(19,20)17(9-14(16)18)11-4-2-3-5-11/h6-8,11H,2-5,9H2,1H3,(H2,16,18). The van der Waals surface area contributed by atoms with Crippen molar-refractivity contribution in [3.8, 4) is 0 Å². The molecule has 1 saturated carbocycles. The molecule has 0 aliphatic heterocycles. The minimum absolute atomic E-state index is 0.289. The van der Waals surface area contributed by atoms with E-state index in [1.54, 1.807) is 6.92 Å². The Labute approximate surface area is 124 Å². The summed E-state index contributed by atoms with van der Waals surface area (Å²) in [6.07, 6.45) is 3.12. The van der Waals surface area contributed by atoms with E-state index in [2.05, 4.69) is 0 Å². The van der Waals surface area contributed by atoms with Gasteiger partial charge in [-0.3, -0.25) is 4.79 Å². The lowest BCUT2D eigenvalue weighted by atomic mass is 10.2. The molecule has 1 aromatic rings. The summed E-state index contributed by atoms with van der Waals surface area (Å²) in [6.45, 7) is 1.27. The number of amides is 1. The highest BCUT2D eigenvalue weighted by molar-refractivity contribution is 7.89. The number of rotatable bonds is 5. The number of carbonyl (C=O) groups excluding carboxylic acids is 1. The zero-order valence-corrected chi connectivity index (χ0v) is 12.7. The molecule has 116 valence electrons. The first-order chi connectivity index (χ1) is 9.82. The fourth-order valence-electron chi connectivity index (χ4n) is 2.69. The number of nitrogens with two attached hydrogens (primary N) is 1. The van der Waals surface area contributed by atoms with E-state index in [1.807, 2.05) is 0 Å². The smallest absolute Gasteiger partial charge is 0.246 e. The summed E-state index contributed by atoms with van der Waals surface area (Å²) in [5.74, 6) is -1.55. The van der Waals surface area contributed by atoms with Gasteiger partial charge in [0.15, 0.2) is 0 Å². The predicted molar refractivity (Wildman–Crippen MR) is 76.5 cm³/mol.